The van der Waals surface area contributed by atoms with Gasteiger partial charge >= 0.3 is 0 Å². The quantitative estimate of drug-likeness (QED) is 0.767. The van der Waals surface area contributed by atoms with E-state index in [0.29, 0.717) is 11.5 Å². The monoisotopic (exact) mass is 222 g/mol. The van der Waals surface area contributed by atoms with Gasteiger partial charge in [0, 0.05) is 5.92 Å². The van der Waals surface area contributed by atoms with Crippen LogP contribution in [-0.2, 0) is 11.2 Å². The summed E-state index contributed by atoms with van der Waals surface area (Å²) in [7, 11) is 3.21. The van der Waals surface area contributed by atoms with Crippen molar-refractivity contribution in [3.8, 4) is 11.5 Å². The maximum Gasteiger partial charge on any atom is 0.160 e. The Morgan fingerprint density at radius 3 is 2.38 bits per heavy atom. The lowest BCUT2D eigenvalue weighted by Gasteiger charge is -2.11. The van der Waals surface area contributed by atoms with Crippen molar-refractivity contribution in [1.29, 1.82) is 0 Å². The van der Waals surface area contributed by atoms with Crippen LogP contribution >= 0.6 is 0 Å². The molecule has 3 heteroatoms. The van der Waals surface area contributed by atoms with Gasteiger partial charge in [-0.15, -0.1) is 0 Å². The lowest BCUT2D eigenvalue weighted by molar-refractivity contribution is -0.120. The summed E-state index contributed by atoms with van der Waals surface area (Å²) in [5.41, 5.74) is 1.08. The Hall–Kier alpha value is -1.51. The number of carbonyl (C=O) groups is 1. The third kappa shape index (κ3) is 2.99. The number of benzene rings is 1. The summed E-state index contributed by atoms with van der Waals surface area (Å²) in [4.78, 5) is 11.2. The molecule has 0 saturated heterocycles. The van der Waals surface area contributed by atoms with E-state index in [9.17, 15) is 4.79 Å². The van der Waals surface area contributed by atoms with Gasteiger partial charge in [-0.25, -0.2) is 0 Å². The van der Waals surface area contributed by atoms with Crippen LogP contribution < -0.4 is 9.47 Å². The molecule has 0 N–H and O–H groups in total. The predicted octanol–water partition coefficient (Wildman–Crippen LogP) is 2.47. The highest BCUT2D eigenvalue weighted by Crippen LogP contribution is 2.28. The zero-order valence-electron chi connectivity index (χ0n) is 10.2. The van der Waals surface area contributed by atoms with Crippen molar-refractivity contribution in [2.24, 2.45) is 5.92 Å². The molecule has 0 aromatic heterocycles. The maximum absolute atomic E-state index is 11.2. The number of rotatable bonds is 5. The van der Waals surface area contributed by atoms with E-state index in [-0.39, 0.29) is 11.7 Å². The Balaban J connectivity index is 2.86. The van der Waals surface area contributed by atoms with E-state index >= 15 is 0 Å². The molecule has 0 heterocycles. The number of ether oxygens (including phenoxy) is 2. The van der Waals surface area contributed by atoms with Gasteiger partial charge in [0.25, 0.3) is 0 Å². The van der Waals surface area contributed by atoms with Gasteiger partial charge in [-0.2, -0.15) is 0 Å². The van der Waals surface area contributed by atoms with Crippen molar-refractivity contribution in [2.75, 3.05) is 14.2 Å². The second-order valence-electron chi connectivity index (χ2n) is 3.91. The molecule has 16 heavy (non-hydrogen) atoms. The topological polar surface area (TPSA) is 35.5 Å². The van der Waals surface area contributed by atoms with Crippen molar-refractivity contribution < 1.29 is 14.3 Å². The second-order valence-corrected chi connectivity index (χ2v) is 3.91. The molecular weight excluding hydrogens is 204 g/mol. The van der Waals surface area contributed by atoms with Crippen LogP contribution in [0.3, 0.4) is 0 Å². The summed E-state index contributed by atoms with van der Waals surface area (Å²) >= 11 is 0. The molecule has 88 valence electrons. The van der Waals surface area contributed by atoms with E-state index in [1.54, 1.807) is 21.1 Å². The fourth-order valence-electron chi connectivity index (χ4n) is 1.50. The Bertz CT molecular complexity index is 371. The Morgan fingerprint density at radius 2 is 1.88 bits per heavy atom. The van der Waals surface area contributed by atoms with Crippen molar-refractivity contribution >= 4 is 5.78 Å². The first-order valence-electron chi connectivity index (χ1n) is 5.29. The molecule has 0 saturated carbocycles. The Morgan fingerprint density at radius 1 is 1.25 bits per heavy atom. The minimum Gasteiger partial charge on any atom is -0.493 e. The van der Waals surface area contributed by atoms with Crippen molar-refractivity contribution in [3.63, 3.8) is 0 Å². The molecule has 1 aromatic rings. The van der Waals surface area contributed by atoms with Crippen LogP contribution in [0.15, 0.2) is 18.2 Å². The zero-order chi connectivity index (χ0) is 12.1. The number of Topliss-reactive ketones (excluding diaryl/α,β-unsaturated/α-hetero) is 1. The van der Waals surface area contributed by atoms with Gasteiger partial charge in [-0.3, -0.25) is 4.79 Å². The van der Waals surface area contributed by atoms with Crippen LogP contribution in [0, 0.1) is 5.92 Å². The molecule has 0 unspecified atom stereocenters. The molecule has 0 amide bonds. The molecule has 0 bridgehead atoms. The van der Waals surface area contributed by atoms with Crippen molar-refractivity contribution in [1.82, 2.24) is 0 Å². The number of ketones is 1. The number of carbonyl (C=O) groups excluding carboxylic acids is 1. The highest BCUT2D eigenvalue weighted by Gasteiger charge is 2.10. The van der Waals surface area contributed by atoms with Gasteiger partial charge in [0.05, 0.1) is 14.2 Å². The largest absolute Gasteiger partial charge is 0.493 e. The fraction of sp³-hybridized carbons (Fsp3) is 0.462. The third-order valence-electron chi connectivity index (χ3n) is 2.68. The van der Waals surface area contributed by atoms with Crippen molar-refractivity contribution in [3.05, 3.63) is 23.8 Å². The van der Waals surface area contributed by atoms with E-state index in [4.69, 9.17) is 9.47 Å². The van der Waals surface area contributed by atoms with Gasteiger partial charge < -0.3 is 9.47 Å². The van der Waals surface area contributed by atoms with Gasteiger partial charge in [-0.1, -0.05) is 13.0 Å². The second kappa shape index (κ2) is 5.54. The average molecular weight is 222 g/mol. The molecule has 1 atom stereocenters. The predicted molar refractivity (Wildman–Crippen MR) is 63.1 cm³/mol. The summed E-state index contributed by atoms with van der Waals surface area (Å²) in [6.07, 6.45) is 0.732. The van der Waals surface area contributed by atoms with E-state index in [2.05, 4.69) is 0 Å². The van der Waals surface area contributed by atoms with Gasteiger partial charge in [0.15, 0.2) is 11.5 Å². The van der Waals surface area contributed by atoms with Crippen LogP contribution in [0.2, 0.25) is 0 Å². The average Bonchev–Trinajstić information content (AvgIpc) is 2.28. The summed E-state index contributed by atoms with van der Waals surface area (Å²) in [5.74, 6) is 1.66. The lowest BCUT2D eigenvalue weighted by atomic mass is 9.98. The first kappa shape index (κ1) is 12.6. The normalized spacial score (nSPS) is 12.0. The van der Waals surface area contributed by atoms with Crippen LogP contribution in [0.25, 0.3) is 0 Å². The van der Waals surface area contributed by atoms with Gasteiger partial charge in [0.2, 0.25) is 0 Å². The molecular formula is C13H18O3. The smallest absolute Gasteiger partial charge is 0.160 e. The van der Waals surface area contributed by atoms with E-state index < -0.39 is 0 Å². The number of hydrogen-bond acceptors (Lipinski definition) is 3. The molecule has 0 aliphatic heterocycles. The highest BCUT2D eigenvalue weighted by atomic mass is 16.5. The number of hydrogen-bond donors (Lipinski definition) is 0. The summed E-state index contributed by atoms with van der Waals surface area (Å²) in [6.45, 7) is 3.55. The molecule has 0 aliphatic rings. The van der Waals surface area contributed by atoms with Crippen LogP contribution in [0.5, 0.6) is 11.5 Å². The van der Waals surface area contributed by atoms with Crippen LogP contribution in [0.4, 0.5) is 0 Å². The van der Waals surface area contributed by atoms with E-state index in [1.807, 2.05) is 25.1 Å². The number of methoxy groups -OCH3 is 2. The standard InChI is InChI=1S/C13H18O3/c1-9(10(2)14)7-11-5-6-12(15-3)13(8-11)16-4/h5-6,8-9H,7H2,1-4H3/t9-/m1/s1. The minimum absolute atomic E-state index is 0.0399. The SMILES string of the molecule is COc1ccc(C[C@@H](C)C(C)=O)cc1OC. The molecule has 1 aromatic carbocycles. The fourth-order valence-corrected chi connectivity index (χ4v) is 1.50. The van der Waals surface area contributed by atoms with E-state index in [0.717, 1.165) is 12.0 Å². The lowest BCUT2D eigenvalue weighted by Crippen LogP contribution is -2.09. The summed E-state index contributed by atoms with van der Waals surface area (Å²) in [5, 5.41) is 0. The Kier molecular flexibility index (Phi) is 4.35. The summed E-state index contributed by atoms with van der Waals surface area (Å²) in [6, 6.07) is 5.74. The molecule has 3 nitrogen and oxygen atoms in total. The first-order chi connectivity index (χ1) is 7.58. The highest BCUT2D eigenvalue weighted by molar-refractivity contribution is 5.78. The molecule has 0 spiro atoms. The first-order valence-corrected chi connectivity index (χ1v) is 5.29. The van der Waals surface area contributed by atoms with Crippen LogP contribution in [-0.4, -0.2) is 20.0 Å². The maximum atomic E-state index is 11.2. The third-order valence-corrected chi connectivity index (χ3v) is 2.68. The molecule has 0 fully saturated rings. The van der Waals surface area contributed by atoms with E-state index in [1.165, 1.54) is 0 Å². The van der Waals surface area contributed by atoms with Gasteiger partial charge in [-0.05, 0) is 31.0 Å². The Labute approximate surface area is 96.4 Å². The summed E-state index contributed by atoms with van der Waals surface area (Å²) < 4.78 is 10.4. The zero-order valence-corrected chi connectivity index (χ0v) is 10.2. The van der Waals surface area contributed by atoms with Crippen molar-refractivity contribution in [2.45, 2.75) is 20.3 Å². The van der Waals surface area contributed by atoms with Crippen LogP contribution in [0.1, 0.15) is 19.4 Å². The minimum atomic E-state index is 0.0399. The molecule has 1 rings (SSSR count). The molecule has 0 radical (unpaired) electrons. The van der Waals surface area contributed by atoms with Gasteiger partial charge in [0.1, 0.15) is 5.78 Å². The molecule has 0 aliphatic carbocycles.